The van der Waals surface area contributed by atoms with Gasteiger partial charge in [0.25, 0.3) is 0 Å². The minimum Gasteiger partial charge on any atom is -0.314 e. The van der Waals surface area contributed by atoms with Gasteiger partial charge in [-0.15, -0.1) is 0 Å². The molecule has 2 unspecified atom stereocenters. The van der Waals surface area contributed by atoms with Crippen LogP contribution in [0.15, 0.2) is 0 Å². The zero-order valence-corrected chi connectivity index (χ0v) is 13.4. The van der Waals surface area contributed by atoms with Crippen LogP contribution in [0.5, 0.6) is 0 Å². The average molecular weight is 303 g/mol. The molecule has 0 radical (unpaired) electrons. The lowest BCUT2D eigenvalue weighted by molar-refractivity contribution is 0.253. The van der Waals surface area contributed by atoms with E-state index in [4.69, 9.17) is 0 Å². The molecule has 20 heavy (non-hydrogen) atoms. The summed E-state index contributed by atoms with van der Waals surface area (Å²) in [6, 6.07) is 0. The number of nitrogens with zero attached hydrogens (tertiary/aromatic N) is 1. The van der Waals surface area contributed by atoms with E-state index in [-0.39, 0.29) is 5.75 Å². The average Bonchev–Trinajstić information content (AvgIpc) is 2.45. The van der Waals surface area contributed by atoms with Gasteiger partial charge in [-0.3, -0.25) is 4.90 Å². The Morgan fingerprint density at radius 3 is 2.70 bits per heavy atom. The Kier molecular flexibility index (Phi) is 6.26. The highest BCUT2D eigenvalue weighted by molar-refractivity contribution is 7.89. The molecule has 0 aromatic carbocycles. The fraction of sp³-hybridized carbons (Fsp3) is 1.00. The second kappa shape index (κ2) is 7.73. The molecular weight excluding hydrogens is 274 g/mol. The molecule has 1 saturated heterocycles. The predicted molar refractivity (Wildman–Crippen MR) is 82.2 cm³/mol. The normalized spacial score (nSPS) is 29.4. The molecule has 0 spiro atoms. The van der Waals surface area contributed by atoms with Gasteiger partial charge in [0.2, 0.25) is 10.0 Å². The van der Waals surface area contributed by atoms with Crippen LogP contribution in [-0.4, -0.2) is 58.3 Å². The molecule has 1 aliphatic carbocycles. The number of rotatable bonds is 6. The SMILES string of the molecule is CC1CCCC(CNS(=O)(=O)CCN2CCNCC2)C1. The Bertz CT molecular complexity index is 380. The van der Waals surface area contributed by atoms with Gasteiger partial charge in [-0.2, -0.15) is 0 Å². The molecule has 2 rings (SSSR count). The molecule has 2 N–H and O–H groups in total. The van der Waals surface area contributed by atoms with Crippen LogP contribution in [-0.2, 0) is 10.0 Å². The summed E-state index contributed by atoms with van der Waals surface area (Å²) in [5, 5.41) is 3.28. The molecule has 118 valence electrons. The summed E-state index contributed by atoms with van der Waals surface area (Å²) in [5.74, 6) is 1.52. The van der Waals surface area contributed by atoms with Gasteiger partial charge in [0, 0.05) is 39.3 Å². The lowest BCUT2D eigenvalue weighted by atomic mass is 9.83. The van der Waals surface area contributed by atoms with Crippen molar-refractivity contribution < 1.29 is 8.42 Å². The van der Waals surface area contributed by atoms with Gasteiger partial charge >= 0.3 is 0 Å². The highest BCUT2D eigenvalue weighted by Crippen LogP contribution is 2.27. The first-order valence-electron chi connectivity index (χ1n) is 7.95. The van der Waals surface area contributed by atoms with E-state index in [1.165, 1.54) is 25.7 Å². The Morgan fingerprint density at radius 1 is 1.25 bits per heavy atom. The maximum Gasteiger partial charge on any atom is 0.212 e. The van der Waals surface area contributed by atoms with E-state index in [1.54, 1.807) is 0 Å². The minimum atomic E-state index is -3.11. The summed E-state index contributed by atoms with van der Waals surface area (Å²) >= 11 is 0. The summed E-state index contributed by atoms with van der Waals surface area (Å²) in [5.41, 5.74) is 0. The minimum absolute atomic E-state index is 0.231. The molecule has 0 aromatic rings. The summed E-state index contributed by atoms with van der Waals surface area (Å²) in [6.07, 6.45) is 4.88. The lowest BCUT2D eigenvalue weighted by Gasteiger charge is -2.28. The maximum absolute atomic E-state index is 12.0. The smallest absolute Gasteiger partial charge is 0.212 e. The molecule has 6 heteroatoms. The van der Waals surface area contributed by atoms with Crippen LogP contribution in [0.2, 0.25) is 0 Å². The van der Waals surface area contributed by atoms with Crippen LogP contribution < -0.4 is 10.0 Å². The summed E-state index contributed by atoms with van der Waals surface area (Å²) in [7, 11) is -3.11. The van der Waals surface area contributed by atoms with E-state index in [1.807, 2.05) is 0 Å². The fourth-order valence-corrected chi connectivity index (χ4v) is 4.38. The van der Waals surface area contributed by atoms with Gasteiger partial charge in [-0.1, -0.05) is 19.8 Å². The third-order valence-corrected chi connectivity index (χ3v) is 5.85. The highest BCUT2D eigenvalue weighted by Gasteiger charge is 2.21. The molecule has 5 nitrogen and oxygen atoms in total. The van der Waals surface area contributed by atoms with E-state index in [2.05, 4.69) is 21.9 Å². The van der Waals surface area contributed by atoms with Gasteiger partial charge in [0.1, 0.15) is 0 Å². The van der Waals surface area contributed by atoms with E-state index in [0.717, 1.165) is 32.1 Å². The fourth-order valence-electron chi connectivity index (χ4n) is 3.25. The summed E-state index contributed by atoms with van der Waals surface area (Å²) in [4.78, 5) is 2.22. The summed E-state index contributed by atoms with van der Waals surface area (Å²) < 4.78 is 26.9. The third-order valence-electron chi connectivity index (χ3n) is 4.52. The number of hydrogen-bond acceptors (Lipinski definition) is 4. The van der Waals surface area contributed by atoms with Crippen molar-refractivity contribution >= 4 is 10.0 Å². The first-order chi connectivity index (χ1) is 9.55. The molecular formula is C14H29N3O2S. The van der Waals surface area contributed by atoms with Crippen molar-refractivity contribution in [2.45, 2.75) is 32.6 Å². The molecule has 1 saturated carbocycles. The van der Waals surface area contributed by atoms with E-state index < -0.39 is 10.0 Å². The van der Waals surface area contributed by atoms with Crippen molar-refractivity contribution in [1.29, 1.82) is 0 Å². The topological polar surface area (TPSA) is 61.4 Å². The number of piperazine rings is 1. The molecule has 0 bridgehead atoms. The summed E-state index contributed by atoms with van der Waals surface area (Å²) in [6.45, 7) is 7.39. The van der Waals surface area contributed by atoms with Gasteiger partial charge in [-0.25, -0.2) is 13.1 Å². The van der Waals surface area contributed by atoms with Crippen LogP contribution in [0.3, 0.4) is 0 Å². The largest absolute Gasteiger partial charge is 0.314 e. The van der Waals surface area contributed by atoms with Gasteiger partial charge in [-0.05, 0) is 24.7 Å². The van der Waals surface area contributed by atoms with Crippen LogP contribution in [0.1, 0.15) is 32.6 Å². The lowest BCUT2D eigenvalue weighted by Crippen LogP contribution is -2.46. The first-order valence-corrected chi connectivity index (χ1v) is 9.61. The molecule has 2 fully saturated rings. The van der Waals surface area contributed by atoms with Crippen molar-refractivity contribution in [2.24, 2.45) is 11.8 Å². The zero-order chi connectivity index (χ0) is 14.4. The van der Waals surface area contributed by atoms with E-state index >= 15 is 0 Å². The van der Waals surface area contributed by atoms with Crippen molar-refractivity contribution in [3.05, 3.63) is 0 Å². The quantitative estimate of drug-likeness (QED) is 0.756. The van der Waals surface area contributed by atoms with Gasteiger partial charge in [0.15, 0.2) is 0 Å². The maximum atomic E-state index is 12.0. The van der Waals surface area contributed by atoms with Crippen LogP contribution in [0.25, 0.3) is 0 Å². The predicted octanol–water partition coefficient (Wildman–Crippen LogP) is 0.637. The zero-order valence-electron chi connectivity index (χ0n) is 12.6. The molecule has 0 aromatic heterocycles. The molecule has 0 amide bonds. The molecule has 2 aliphatic rings. The third kappa shape index (κ3) is 5.68. The first kappa shape index (κ1) is 16.2. The standard InChI is InChI=1S/C14H29N3O2S/c1-13-3-2-4-14(11-13)12-16-20(18,19)10-9-17-7-5-15-6-8-17/h13-16H,2-12H2,1H3. The molecule has 1 aliphatic heterocycles. The van der Waals surface area contributed by atoms with Crippen molar-refractivity contribution in [1.82, 2.24) is 14.9 Å². The Morgan fingerprint density at radius 2 is 2.00 bits per heavy atom. The molecule has 2 atom stereocenters. The second-order valence-electron chi connectivity index (χ2n) is 6.40. The van der Waals surface area contributed by atoms with Crippen molar-refractivity contribution in [2.75, 3.05) is 45.0 Å². The van der Waals surface area contributed by atoms with Crippen LogP contribution in [0.4, 0.5) is 0 Å². The number of nitrogens with one attached hydrogen (secondary N) is 2. The molecule has 1 heterocycles. The number of sulfonamides is 1. The Hall–Kier alpha value is -0.170. The Labute approximate surface area is 123 Å². The van der Waals surface area contributed by atoms with Crippen molar-refractivity contribution in [3.63, 3.8) is 0 Å². The van der Waals surface area contributed by atoms with E-state index in [0.29, 0.717) is 19.0 Å². The van der Waals surface area contributed by atoms with Gasteiger partial charge < -0.3 is 5.32 Å². The Balaban J connectivity index is 1.67. The monoisotopic (exact) mass is 303 g/mol. The van der Waals surface area contributed by atoms with Crippen molar-refractivity contribution in [3.8, 4) is 0 Å². The number of hydrogen-bond donors (Lipinski definition) is 2. The second-order valence-corrected chi connectivity index (χ2v) is 8.32. The van der Waals surface area contributed by atoms with Crippen LogP contribution >= 0.6 is 0 Å². The van der Waals surface area contributed by atoms with Gasteiger partial charge in [0.05, 0.1) is 5.75 Å². The highest BCUT2D eigenvalue weighted by atomic mass is 32.2. The van der Waals surface area contributed by atoms with Crippen LogP contribution in [0, 0.1) is 11.8 Å². The van der Waals surface area contributed by atoms with E-state index in [9.17, 15) is 8.42 Å².